The number of hydrogen-bond acceptors (Lipinski definition) is 2. The summed E-state index contributed by atoms with van der Waals surface area (Å²) in [6.07, 6.45) is 6.66. The van der Waals surface area contributed by atoms with Crippen molar-refractivity contribution in [2.24, 2.45) is 17.6 Å². The second-order valence-electron chi connectivity index (χ2n) is 6.30. The second kappa shape index (κ2) is 5.96. The summed E-state index contributed by atoms with van der Waals surface area (Å²) in [7, 11) is 0. The Morgan fingerprint density at radius 1 is 1.10 bits per heavy atom. The SMILES string of the molecule is NC(=O)[C@H](c1ccccc1)N1CC[C@H]2CCCC[C@@H]2C1. The highest BCUT2D eigenvalue weighted by molar-refractivity contribution is 5.81. The average Bonchev–Trinajstić information content (AvgIpc) is 2.48. The molecule has 3 heteroatoms. The standard InChI is InChI=1S/C17H24N2O/c18-17(20)16(14-7-2-1-3-8-14)19-11-10-13-6-4-5-9-15(13)12-19/h1-3,7-8,13,15-16H,4-6,9-12H2,(H2,18,20)/t13-,15-,16+/m1/s1. The summed E-state index contributed by atoms with van der Waals surface area (Å²) >= 11 is 0. The Kier molecular flexibility index (Phi) is 4.06. The number of primary amides is 1. The van der Waals surface area contributed by atoms with E-state index in [9.17, 15) is 4.79 Å². The maximum Gasteiger partial charge on any atom is 0.239 e. The Balaban J connectivity index is 1.77. The van der Waals surface area contributed by atoms with Gasteiger partial charge in [0.2, 0.25) is 5.91 Å². The minimum Gasteiger partial charge on any atom is -0.368 e. The molecule has 1 heterocycles. The van der Waals surface area contributed by atoms with Crippen LogP contribution >= 0.6 is 0 Å². The van der Waals surface area contributed by atoms with Crippen LogP contribution in [-0.4, -0.2) is 23.9 Å². The van der Waals surface area contributed by atoms with Crippen molar-refractivity contribution in [1.29, 1.82) is 0 Å². The first-order valence-electron chi connectivity index (χ1n) is 7.84. The molecule has 1 amide bonds. The van der Waals surface area contributed by atoms with Crippen molar-refractivity contribution in [2.75, 3.05) is 13.1 Å². The van der Waals surface area contributed by atoms with E-state index < -0.39 is 0 Å². The van der Waals surface area contributed by atoms with Crippen molar-refractivity contribution in [3.05, 3.63) is 35.9 Å². The Hall–Kier alpha value is -1.35. The molecule has 0 bridgehead atoms. The van der Waals surface area contributed by atoms with Gasteiger partial charge in [0.25, 0.3) is 0 Å². The lowest BCUT2D eigenvalue weighted by Gasteiger charge is -2.43. The predicted octanol–water partition coefficient (Wildman–Crippen LogP) is 2.73. The van der Waals surface area contributed by atoms with E-state index in [2.05, 4.69) is 4.90 Å². The third-order valence-electron chi connectivity index (χ3n) is 5.07. The predicted molar refractivity (Wildman–Crippen MR) is 80.0 cm³/mol. The summed E-state index contributed by atoms with van der Waals surface area (Å²) in [5.41, 5.74) is 6.72. The van der Waals surface area contributed by atoms with Crippen LogP contribution < -0.4 is 5.73 Å². The van der Waals surface area contributed by atoms with Crippen LogP contribution in [0.1, 0.15) is 43.7 Å². The molecule has 1 saturated carbocycles. The van der Waals surface area contributed by atoms with Crippen molar-refractivity contribution in [2.45, 2.75) is 38.1 Å². The first-order valence-corrected chi connectivity index (χ1v) is 7.84. The van der Waals surface area contributed by atoms with E-state index in [-0.39, 0.29) is 11.9 Å². The van der Waals surface area contributed by atoms with Gasteiger partial charge in [-0.25, -0.2) is 0 Å². The highest BCUT2D eigenvalue weighted by atomic mass is 16.1. The molecule has 2 fully saturated rings. The van der Waals surface area contributed by atoms with E-state index in [0.29, 0.717) is 0 Å². The molecule has 0 spiro atoms. The van der Waals surface area contributed by atoms with Gasteiger partial charge in [0.15, 0.2) is 0 Å². The largest absolute Gasteiger partial charge is 0.368 e. The number of nitrogens with two attached hydrogens (primary N) is 1. The number of likely N-dealkylation sites (tertiary alicyclic amines) is 1. The van der Waals surface area contributed by atoms with E-state index in [1.54, 1.807) is 0 Å². The molecule has 3 atom stereocenters. The van der Waals surface area contributed by atoms with E-state index in [0.717, 1.165) is 30.5 Å². The number of rotatable bonds is 3. The van der Waals surface area contributed by atoms with Crippen LogP contribution in [0.3, 0.4) is 0 Å². The maximum atomic E-state index is 11.9. The van der Waals surface area contributed by atoms with Crippen molar-refractivity contribution in [3.63, 3.8) is 0 Å². The summed E-state index contributed by atoms with van der Waals surface area (Å²) in [5.74, 6) is 1.43. The van der Waals surface area contributed by atoms with Crippen molar-refractivity contribution >= 4 is 5.91 Å². The van der Waals surface area contributed by atoms with Crippen molar-refractivity contribution < 1.29 is 4.79 Å². The topological polar surface area (TPSA) is 46.3 Å². The monoisotopic (exact) mass is 272 g/mol. The molecule has 1 saturated heterocycles. The molecule has 0 aromatic heterocycles. The highest BCUT2D eigenvalue weighted by Gasteiger charge is 2.35. The Bertz CT molecular complexity index is 459. The minimum atomic E-state index is -0.251. The molecule has 3 nitrogen and oxygen atoms in total. The summed E-state index contributed by atoms with van der Waals surface area (Å²) in [5, 5.41) is 0. The van der Waals surface area contributed by atoms with E-state index >= 15 is 0 Å². The smallest absolute Gasteiger partial charge is 0.239 e. The normalized spacial score (nSPS) is 28.6. The number of fused-ring (bicyclic) bond motifs is 1. The van der Waals surface area contributed by atoms with Gasteiger partial charge in [-0.2, -0.15) is 0 Å². The van der Waals surface area contributed by atoms with Gasteiger partial charge in [-0.15, -0.1) is 0 Å². The summed E-state index contributed by atoms with van der Waals surface area (Å²) < 4.78 is 0. The zero-order valence-electron chi connectivity index (χ0n) is 12.0. The van der Waals surface area contributed by atoms with Gasteiger partial charge in [-0.05, 0) is 36.8 Å². The molecular formula is C17H24N2O. The van der Waals surface area contributed by atoms with Crippen LogP contribution in [0.25, 0.3) is 0 Å². The van der Waals surface area contributed by atoms with Crippen molar-refractivity contribution in [3.8, 4) is 0 Å². The molecule has 3 rings (SSSR count). The first-order chi connectivity index (χ1) is 9.75. The molecule has 1 aromatic carbocycles. The van der Waals surface area contributed by atoms with Gasteiger partial charge in [0.05, 0.1) is 0 Å². The highest BCUT2D eigenvalue weighted by Crippen LogP contribution is 2.38. The van der Waals surface area contributed by atoms with E-state index in [4.69, 9.17) is 5.73 Å². The first kappa shape index (κ1) is 13.6. The van der Waals surface area contributed by atoms with Gasteiger partial charge < -0.3 is 5.73 Å². The quantitative estimate of drug-likeness (QED) is 0.919. The van der Waals surface area contributed by atoms with Crippen LogP contribution in [0, 0.1) is 11.8 Å². The molecule has 1 aliphatic carbocycles. The fraction of sp³-hybridized carbons (Fsp3) is 0.588. The number of carbonyl (C=O) groups excluding carboxylic acids is 1. The van der Waals surface area contributed by atoms with Gasteiger partial charge in [-0.3, -0.25) is 9.69 Å². The number of piperidine rings is 1. The van der Waals surface area contributed by atoms with Gasteiger partial charge in [-0.1, -0.05) is 49.6 Å². The summed E-state index contributed by atoms with van der Waals surface area (Å²) in [4.78, 5) is 14.2. The van der Waals surface area contributed by atoms with Crippen LogP contribution in [0.15, 0.2) is 30.3 Å². The van der Waals surface area contributed by atoms with Crippen LogP contribution in [0.5, 0.6) is 0 Å². The molecule has 0 radical (unpaired) electrons. The molecule has 20 heavy (non-hydrogen) atoms. The van der Waals surface area contributed by atoms with Crippen LogP contribution in [-0.2, 0) is 4.79 Å². The maximum absolute atomic E-state index is 11.9. The number of benzene rings is 1. The average molecular weight is 272 g/mol. The molecule has 1 aliphatic heterocycles. The lowest BCUT2D eigenvalue weighted by Crippen LogP contribution is -2.47. The third kappa shape index (κ3) is 2.73. The lowest BCUT2D eigenvalue weighted by molar-refractivity contribution is -0.124. The molecule has 1 aromatic rings. The van der Waals surface area contributed by atoms with Crippen molar-refractivity contribution in [1.82, 2.24) is 4.90 Å². The molecule has 108 valence electrons. The van der Waals surface area contributed by atoms with Crippen LogP contribution in [0.2, 0.25) is 0 Å². The van der Waals surface area contributed by atoms with Gasteiger partial charge in [0, 0.05) is 6.54 Å². The third-order valence-corrected chi connectivity index (χ3v) is 5.07. The fourth-order valence-electron chi connectivity index (χ4n) is 4.05. The van der Waals surface area contributed by atoms with Gasteiger partial charge >= 0.3 is 0 Å². The molecule has 2 N–H and O–H groups in total. The van der Waals surface area contributed by atoms with Gasteiger partial charge in [0.1, 0.15) is 6.04 Å². The molecular weight excluding hydrogens is 248 g/mol. The zero-order chi connectivity index (χ0) is 13.9. The fourth-order valence-corrected chi connectivity index (χ4v) is 4.05. The molecule has 2 aliphatic rings. The Labute approximate surface area is 121 Å². The van der Waals surface area contributed by atoms with E-state index in [1.807, 2.05) is 30.3 Å². The summed E-state index contributed by atoms with van der Waals surface area (Å²) in [6, 6.07) is 9.73. The Morgan fingerprint density at radius 2 is 1.80 bits per heavy atom. The lowest BCUT2D eigenvalue weighted by atomic mass is 9.74. The summed E-state index contributed by atoms with van der Waals surface area (Å²) in [6.45, 7) is 2.04. The minimum absolute atomic E-state index is 0.217. The Morgan fingerprint density at radius 3 is 2.50 bits per heavy atom. The number of carbonyl (C=O) groups is 1. The van der Waals surface area contributed by atoms with E-state index in [1.165, 1.54) is 32.1 Å². The number of nitrogens with zero attached hydrogens (tertiary/aromatic N) is 1. The number of amides is 1. The van der Waals surface area contributed by atoms with Crippen LogP contribution in [0.4, 0.5) is 0 Å². The molecule has 0 unspecified atom stereocenters. The second-order valence-corrected chi connectivity index (χ2v) is 6.30. The zero-order valence-corrected chi connectivity index (χ0v) is 12.0. The number of hydrogen-bond donors (Lipinski definition) is 1.